The van der Waals surface area contributed by atoms with E-state index in [0.717, 1.165) is 43.6 Å². The molecule has 138 valence electrons. The summed E-state index contributed by atoms with van der Waals surface area (Å²) in [5.74, 6) is 0.0803. The van der Waals surface area contributed by atoms with Crippen molar-refractivity contribution >= 4 is 17.0 Å². The zero-order valence-electron chi connectivity index (χ0n) is 14.8. The Labute approximate surface area is 156 Å². The summed E-state index contributed by atoms with van der Waals surface area (Å²) in [7, 11) is 0. The van der Waals surface area contributed by atoms with Crippen molar-refractivity contribution in [3.8, 4) is 6.07 Å². The van der Waals surface area contributed by atoms with Crippen molar-refractivity contribution in [3.05, 3.63) is 53.7 Å². The van der Waals surface area contributed by atoms with Gasteiger partial charge in [0.05, 0.1) is 5.56 Å². The quantitative estimate of drug-likeness (QED) is 0.737. The number of anilines is 2. The largest absolute Gasteiger partial charge is 0.338 e. The van der Waals surface area contributed by atoms with Crippen LogP contribution in [0.25, 0.3) is 5.52 Å². The number of halogens is 1. The Morgan fingerprint density at radius 1 is 1.30 bits per heavy atom. The van der Waals surface area contributed by atoms with Gasteiger partial charge in [-0.3, -0.25) is 4.90 Å². The van der Waals surface area contributed by atoms with Gasteiger partial charge in [0.2, 0.25) is 0 Å². The number of nitrogens with one attached hydrogen (secondary N) is 1. The summed E-state index contributed by atoms with van der Waals surface area (Å²) < 4.78 is 15.3. The lowest BCUT2D eigenvalue weighted by Crippen LogP contribution is -2.39. The molecule has 1 saturated heterocycles. The molecular formula is C19H20FN7. The number of benzene rings is 1. The molecule has 1 aromatic carbocycles. The number of nitriles is 1. The monoisotopic (exact) mass is 365 g/mol. The van der Waals surface area contributed by atoms with E-state index < -0.39 is 5.82 Å². The minimum absolute atomic E-state index is 0.00895. The average molecular weight is 365 g/mol. The van der Waals surface area contributed by atoms with Crippen LogP contribution in [-0.4, -0.2) is 38.6 Å². The lowest BCUT2D eigenvalue weighted by Gasteiger charge is -2.29. The second kappa shape index (κ2) is 7.31. The van der Waals surface area contributed by atoms with E-state index in [1.165, 1.54) is 18.5 Å². The predicted octanol–water partition coefficient (Wildman–Crippen LogP) is 2.41. The van der Waals surface area contributed by atoms with Crippen molar-refractivity contribution in [2.75, 3.05) is 18.4 Å². The zero-order valence-corrected chi connectivity index (χ0v) is 14.8. The maximum Gasteiger partial charge on any atom is 0.158 e. The maximum absolute atomic E-state index is 13.6. The van der Waals surface area contributed by atoms with Gasteiger partial charge in [0, 0.05) is 24.5 Å². The number of aromatic nitrogens is 3. The molecule has 0 spiro atoms. The van der Waals surface area contributed by atoms with E-state index >= 15 is 0 Å². The smallest absolute Gasteiger partial charge is 0.158 e. The molecule has 8 heteroatoms. The molecule has 2 aromatic heterocycles. The van der Waals surface area contributed by atoms with Crippen molar-refractivity contribution in [2.24, 2.45) is 5.73 Å². The Morgan fingerprint density at radius 3 is 2.89 bits per heavy atom. The van der Waals surface area contributed by atoms with Gasteiger partial charge in [0.1, 0.15) is 23.7 Å². The molecule has 7 nitrogen and oxygen atoms in total. The molecule has 1 aliphatic heterocycles. The standard InChI is InChI=1S/C19H20FN7/c20-17-2-1-16(9-14(17)10-21)25-19-18-13(3-8-27(18)24-12-23-19)11-26-6-4-15(22)5-7-26/h1-3,8-9,12,15H,4-7,11,22H2,(H,23,24,25). The highest BCUT2D eigenvalue weighted by atomic mass is 19.1. The normalized spacial score (nSPS) is 15.7. The van der Waals surface area contributed by atoms with Gasteiger partial charge in [-0.05, 0) is 55.8 Å². The molecule has 3 N–H and O–H groups in total. The summed E-state index contributed by atoms with van der Waals surface area (Å²) in [6, 6.07) is 8.52. The summed E-state index contributed by atoms with van der Waals surface area (Å²) in [4.78, 5) is 6.74. The van der Waals surface area contributed by atoms with Crippen LogP contribution in [-0.2, 0) is 6.54 Å². The van der Waals surface area contributed by atoms with E-state index in [1.807, 2.05) is 18.3 Å². The molecule has 0 atom stereocenters. The second-order valence-electron chi connectivity index (χ2n) is 6.79. The van der Waals surface area contributed by atoms with Crippen molar-refractivity contribution in [1.29, 1.82) is 5.26 Å². The Kier molecular flexibility index (Phi) is 4.71. The third kappa shape index (κ3) is 3.60. The molecule has 27 heavy (non-hydrogen) atoms. The van der Waals surface area contributed by atoms with Crippen LogP contribution in [0.2, 0.25) is 0 Å². The maximum atomic E-state index is 13.6. The zero-order chi connectivity index (χ0) is 18.8. The molecule has 3 heterocycles. The Bertz CT molecular complexity index is 999. The number of fused-ring (bicyclic) bond motifs is 1. The fraction of sp³-hybridized carbons (Fsp3) is 0.316. The molecule has 0 radical (unpaired) electrons. The molecule has 3 aromatic rings. The molecule has 0 saturated carbocycles. The topological polar surface area (TPSA) is 95.3 Å². The lowest BCUT2D eigenvalue weighted by atomic mass is 10.1. The number of rotatable bonds is 4. The summed E-state index contributed by atoms with van der Waals surface area (Å²) in [6.45, 7) is 2.73. The Hall–Kier alpha value is -3.02. The number of nitrogens with zero attached hydrogens (tertiary/aromatic N) is 5. The average Bonchev–Trinajstić information content (AvgIpc) is 3.09. The lowest BCUT2D eigenvalue weighted by molar-refractivity contribution is 0.206. The van der Waals surface area contributed by atoms with Gasteiger partial charge in [0.25, 0.3) is 0 Å². The molecule has 1 aliphatic rings. The summed E-state index contributed by atoms with van der Waals surface area (Å²) in [5.41, 5.74) is 8.57. The molecule has 0 aliphatic carbocycles. The van der Waals surface area contributed by atoms with Crippen LogP contribution in [0.4, 0.5) is 15.9 Å². The molecular weight excluding hydrogens is 345 g/mol. The van der Waals surface area contributed by atoms with Gasteiger partial charge in [-0.1, -0.05) is 0 Å². The van der Waals surface area contributed by atoms with Crippen molar-refractivity contribution < 1.29 is 4.39 Å². The Morgan fingerprint density at radius 2 is 2.11 bits per heavy atom. The third-order valence-corrected chi connectivity index (χ3v) is 4.91. The molecule has 0 unspecified atom stereocenters. The second-order valence-corrected chi connectivity index (χ2v) is 6.79. The van der Waals surface area contributed by atoms with Crippen molar-refractivity contribution in [3.63, 3.8) is 0 Å². The minimum Gasteiger partial charge on any atom is -0.338 e. The SMILES string of the molecule is N#Cc1cc(Nc2ncnn3ccc(CN4CCC(N)CC4)c23)ccc1F. The fourth-order valence-corrected chi connectivity index (χ4v) is 3.41. The fourth-order valence-electron chi connectivity index (χ4n) is 3.41. The van der Waals surface area contributed by atoms with Gasteiger partial charge in [-0.15, -0.1) is 0 Å². The van der Waals surface area contributed by atoms with E-state index in [4.69, 9.17) is 11.0 Å². The molecule has 4 rings (SSSR count). The number of hydrogen-bond acceptors (Lipinski definition) is 6. The highest BCUT2D eigenvalue weighted by molar-refractivity contribution is 5.76. The summed E-state index contributed by atoms with van der Waals surface area (Å²) >= 11 is 0. The highest BCUT2D eigenvalue weighted by Gasteiger charge is 2.19. The van der Waals surface area contributed by atoms with E-state index in [0.29, 0.717) is 17.5 Å². The van der Waals surface area contributed by atoms with Crippen molar-refractivity contribution in [2.45, 2.75) is 25.4 Å². The van der Waals surface area contributed by atoms with Gasteiger partial charge < -0.3 is 11.1 Å². The van der Waals surface area contributed by atoms with Gasteiger partial charge >= 0.3 is 0 Å². The first-order valence-electron chi connectivity index (χ1n) is 8.90. The van der Waals surface area contributed by atoms with Crippen LogP contribution in [0.3, 0.4) is 0 Å². The number of likely N-dealkylation sites (tertiary alicyclic amines) is 1. The number of piperidine rings is 1. The van der Waals surface area contributed by atoms with Gasteiger partial charge in [-0.2, -0.15) is 10.4 Å². The molecule has 0 bridgehead atoms. The summed E-state index contributed by atoms with van der Waals surface area (Å²) in [6.07, 6.45) is 5.37. The van der Waals surface area contributed by atoms with Crippen LogP contribution >= 0.6 is 0 Å². The van der Waals surface area contributed by atoms with Crippen LogP contribution in [0.15, 0.2) is 36.8 Å². The number of nitrogens with two attached hydrogens (primary N) is 1. The third-order valence-electron chi connectivity index (χ3n) is 4.91. The number of hydrogen-bond donors (Lipinski definition) is 2. The van der Waals surface area contributed by atoms with Crippen LogP contribution in [0.1, 0.15) is 24.0 Å². The molecule has 1 fully saturated rings. The minimum atomic E-state index is -0.539. The van der Waals surface area contributed by atoms with Crippen LogP contribution in [0, 0.1) is 17.1 Å². The van der Waals surface area contributed by atoms with Crippen molar-refractivity contribution in [1.82, 2.24) is 19.5 Å². The first-order chi connectivity index (χ1) is 13.1. The first-order valence-corrected chi connectivity index (χ1v) is 8.90. The van der Waals surface area contributed by atoms with E-state index in [-0.39, 0.29) is 5.56 Å². The predicted molar refractivity (Wildman–Crippen MR) is 99.9 cm³/mol. The summed E-state index contributed by atoms with van der Waals surface area (Å²) in [5, 5.41) is 16.5. The molecule has 0 amide bonds. The van der Waals surface area contributed by atoms with E-state index in [2.05, 4.69) is 20.3 Å². The Balaban J connectivity index is 1.63. The van der Waals surface area contributed by atoms with E-state index in [1.54, 1.807) is 10.6 Å². The first kappa shape index (κ1) is 17.4. The van der Waals surface area contributed by atoms with Crippen LogP contribution in [0.5, 0.6) is 0 Å². The van der Waals surface area contributed by atoms with Crippen LogP contribution < -0.4 is 11.1 Å². The van der Waals surface area contributed by atoms with E-state index in [9.17, 15) is 4.39 Å². The highest BCUT2D eigenvalue weighted by Crippen LogP contribution is 2.25. The van der Waals surface area contributed by atoms with Gasteiger partial charge in [-0.25, -0.2) is 13.9 Å². The van der Waals surface area contributed by atoms with Gasteiger partial charge in [0.15, 0.2) is 5.82 Å².